The predicted octanol–water partition coefficient (Wildman–Crippen LogP) is 2.77. The first kappa shape index (κ1) is 9.80. The number of nitrogen functional groups attached to an aromatic ring is 1. The zero-order valence-electron chi connectivity index (χ0n) is 7.70. The number of aromatic carboxylic acids is 1. The second-order valence-corrected chi connectivity index (χ2v) is 3.56. The van der Waals surface area contributed by atoms with E-state index in [2.05, 4.69) is 0 Å². The summed E-state index contributed by atoms with van der Waals surface area (Å²) >= 11 is 5.99. The summed E-state index contributed by atoms with van der Waals surface area (Å²) in [5, 5.41) is 10.7. The lowest BCUT2D eigenvalue weighted by Gasteiger charge is -2.07. The highest BCUT2D eigenvalue weighted by Crippen LogP contribution is 2.32. The highest BCUT2D eigenvalue weighted by molar-refractivity contribution is 6.39. The van der Waals surface area contributed by atoms with Gasteiger partial charge in [0.05, 0.1) is 16.3 Å². The van der Waals surface area contributed by atoms with Crippen LogP contribution in [-0.2, 0) is 0 Å². The molecule has 3 N–H and O–H groups in total. The third kappa shape index (κ3) is 1.51. The molecule has 0 aliphatic rings. The number of rotatable bonds is 1. The Morgan fingerprint density at radius 1 is 1.33 bits per heavy atom. The van der Waals surface area contributed by atoms with Crippen molar-refractivity contribution in [2.75, 3.05) is 5.73 Å². The van der Waals surface area contributed by atoms with E-state index in [4.69, 9.17) is 22.4 Å². The quantitative estimate of drug-likeness (QED) is 0.728. The van der Waals surface area contributed by atoms with Crippen LogP contribution in [0.5, 0.6) is 0 Å². The van der Waals surface area contributed by atoms with Gasteiger partial charge < -0.3 is 10.8 Å². The maximum absolute atomic E-state index is 10.9. The first-order valence-electron chi connectivity index (χ1n) is 4.31. The lowest BCUT2D eigenvalue weighted by Crippen LogP contribution is -2.03. The van der Waals surface area contributed by atoms with Gasteiger partial charge in [-0.3, -0.25) is 0 Å². The predicted molar refractivity (Wildman–Crippen MR) is 60.3 cm³/mol. The van der Waals surface area contributed by atoms with Gasteiger partial charge in [-0.1, -0.05) is 35.9 Å². The minimum atomic E-state index is -1.07. The van der Waals surface area contributed by atoms with Gasteiger partial charge in [-0.05, 0) is 11.5 Å². The number of carbonyl (C=O) groups is 1. The van der Waals surface area contributed by atoms with Crippen LogP contribution in [0.4, 0.5) is 5.69 Å². The number of carboxylic acid groups (broad SMARTS) is 1. The van der Waals surface area contributed by atoms with Gasteiger partial charge in [0.1, 0.15) is 0 Å². The fourth-order valence-corrected chi connectivity index (χ4v) is 1.77. The first-order valence-corrected chi connectivity index (χ1v) is 4.69. The van der Waals surface area contributed by atoms with Gasteiger partial charge in [-0.15, -0.1) is 0 Å². The highest BCUT2D eigenvalue weighted by Gasteiger charge is 2.13. The molecular weight excluding hydrogens is 214 g/mol. The summed E-state index contributed by atoms with van der Waals surface area (Å²) in [7, 11) is 0. The minimum Gasteiger partial charge on any atom is -0.478 e. The summed E-state index contributed by atoms with van der Waals surface area (Å²) in [6.07, 6.45) is 0. The lowest BCUT2D eigenvalue weighted by atomic mass is 10.1. The summed E-state index contributed by atoms with van der Waals surface area (Å²) in [4.78, 5) is 10.9. The number of hydrogen-bond acceptors (Lipinski definition) is 2. The normalized spacial score (nSPS) is 10.5. The number of hydrogen-bond donors (Lipinski definition) is 2. The van der Waals surface area contributed by atoms with Crippen molar-refractivity contribution < 1.29 is 9.90 Å². The van der Waals surface area contributed by atoms with Gasteiger partial charge in [0.25, 0.3) is 0 Å². The van der Waals surface area contributed by atoms with Crippen LogP contribution in [0.25, 0.3) is 10.8 Å². The van der Waals surface area contributed by atoms with Crippen molar-refractivity contribution in [1.82, 2.24) is 0 Å². The Bertz CT molecular complexity index is 552. The molecule has 0 atom stereocenters. The lowest BCUT2D eigenvalue weighted by molar-refractivity contribution is 0.0698. The molecule has 0 spiro atoms. The molecule has 0 aliphatic carbocycles. The van der Waals surface area contributed by atoms with E-state index in [-0.39, 0.29) is 11.3 Å². The van der Waals surface area contributed by atoms with Crippen LogP contribution in [0.15, 0.2) is 30.3 Å². The van der Waals surface area contributed by atoms with Crippen LogP contribution in [-0.4, -0.2) is 11.1 Å². The van der Waals surface area contributed by atoms with Crippen molar-refractivity contribution in [2.45, 2.75) is 0 Å². The zero-order valence-corrected chi connectivity index (χ0v) is 8.45. The van der Waals surface area contributed by atoms with Crippen LogP contribution in [0.2, 0.25) is 5.02 Å². The third-order valence-corrected chi connectivity index (χ3v) is 2.66. The van der Waals surface area contributed by atoms with Gasteiger partial charge in [0.15, 0.2) is 0 Å². The molecule has 0 saturated heterocycles. The minimum absolute atomic E-state index is 0.0405. The molecule has 0 fully saturated rings. The van der Waals surface area contributed by atoms with Crippen LogP contribution in [0, 0.1) is 0 Å². The van der Waals surface area contributed by atoms with Gasteiger partial charge in [-0.2, -0.15) is 0 Å². The topological polar surface area (TPSA) is 63.3 Å². The van der Waals surface area contributed by atoms with E-state index in [0.29, 0.717) is 5.02 Å². The van der Waals surface area contributed by atoms with Crippen molar-refractivity contribution in [3.05, 3.63) is 40.9 Å². The van der Waals surface area contributed by atoms with E-state index in [1.54, 1.807) is 12.1 Å². The fraction of sp³-hybridized carbons (Fsp3) is 0. The molecule has 76 valence electrons. The van der Waals surface area contributed by atoms with Crippen molar-refractivity contribution in [3.63, 3.8) is 0 Å². The number of nitrogens with two attached hydrogens (primary N) is 1. The molecule has 2 aromatic carbocycles. The summed E-state index contributed by atoms with van der Waals surface area (Å²) in [5.74, 6) is -1.07. The van der Waals surface area contributed by atoms with Crippen molar-refractivity contribution in [2.24, 2.45) is 0 Å². The van der Waals surface area contributed by atoms with Crippen molar-refractivity contribution in [1.29, 1.82) is 0 Å². The van der Waals surface area contributed by atoms with Gasteiger partial charge in [0, 0.05) is 5.39 Å². The molecule has 2 rings (SSSR count). The second-order valence-electron chi connectivity index (χ2n) is 3.18. The van der Waals surface area contributed by atoms with E-state index in [9.17, 15) is 4.79 Å². The number of carboxylic acids is 1. The van der Waals surface area contributed by atoms with E-state index >= 15 is 0 Å². The number of fused-ring (bicyclic) bond motifs is 1. The molecule has 0 amide bonds. The Kier molecular flexibility index (Phi) is 2.25. The van der Waals surface area contributed by atoms with Gasteiger partial charge in [0.2, 0.25) is 0 Å². The van der Waals surface area contributed by atoms with Crippen molar-refractivity contribution in [3.8, 4) is 0 Å². The molecule has 0 heterocycles. The average Bonchev–Trinajstić information content (AvgIpc) is 2.23. The fourth-order valence-electron chi connectivity index (χ4n) is 1.50. The average molecular weight is 222 g/mol. The zero-order chi connectivity index (χ0) is 11.0. The van der Waals surface area contributed by atoms with E-state index in [1.165, 1.54) is 6.07 Å². The Morgan fingerprint density at radius 2 is 2.00 bits per heavy atom. The van der Waals surface area contributed by atoms with Crippen molar-refractivity contribution >= 4 is 34.0 Å². The Hall–Kier alpha value is -1.74. The number of anilines is 1. The Morgan fingerprint density at radius 3 is 2.67 bits per heavy atom. The molecule has 0 saturated carbocycles. The smallest absolute Gasteiger partial charge is 0.337 e. The van der Waals surface area contributed by atoms with E-state index in [0.717, 1.165) is 10.8 Å². The Balaban J connectivity index is 2.88. The monoisotopic (exact) mass is 221 g/mol. The first-order chi connectivity index (χ1) is 7.11. The summed E-state index contributed by atoms with van der Waals surface area (Å²) in [6.45, 7) is 0. The molecule has 4 heteroatoms. The molecule has 3 nitrogen and oxygen atoms in total. The van der Waals surface area contributed by atoms with Gasteiger partial charge >= 0.3 is 5.97 Å². The highest BCUT2D eigenvalue weighted by atomic mass is 35.5. The van der Waals surface area contributed by atoms with Crippen LogP contribution in [0.3, 0.4) is 0 Å². The maximum atomic E-state index is 10.9. The van der Waals surface area contributed by atoms with E-state index in [1.807, 2.05) is 12.1 Å². The summed E-state index contributed by atoms with van der Waals surface area (Å²) < 4.78 is 0. The SMILES string of the molecule is Nc1c(C(=O)O)cc2ccccc2c1Cl. The molecule has 0 bridgehead atoms. The number of halogens is 1. The third-order valence-electron chi connectivity index (χ3n) is 2.25. The summed E-state index contributed by atoms with van der Waals surface area (Å²) in [6, 6.07) is 8.78. The van der Waals surface area contributed by atoms with Crippen LogP contribution in [0.1, 0.15) is 10.4 Å². The van der Waals surface area contributed by atoms with Crippen LogP contribution < -0.4 is 5.73 Å². The Labute approximate surface area is 91.1 Å². The summed E-state index contributed by atoms with van der Waals surface area (Å²) in [5.41, 5.74) is 5.79. The molecule has 0 radical (unpaired) electrons. The van der Waals surface area contributed by atoms with Gasteiger partial charge in [-0.25, -0.2) is 4.79 Å². The largest absolute Gasteiger partial charge is 0.478 e. The number of benzene rings is 2. The molecule has 0 unspecified atom stereocenters. The molecule has 2 aromatic rings. The maximum Gasteiger partial charge on any atom is 0.337 e. The standard InChI is InChI=1S/C11H8ClNO2/c12-9-7-4-2-1-3-6(7)5-8(10(9)13)11(14)15/h1-5H,13H2,(H,14,15). The van der Waals surface area contributed by atoms with E-state index < -0.39 is 5.97 Å². The molecule has 0 aliphatic heterocycles. The van der Waals surface area contributed by atoms with Crippen LogP contribution >= 0.6 is 11.6 Å². The second kappa shape index (κ2) is 3.44. The molecule has 15 heavy (non-hydrogen) atoms. The molecule has 0 aromatic heterocycles. The molecular formula is C11H8ClNO2.